The molecule has 27 heavy (non-hydrogen) atoms. The van der Waals surface area contributed by atoms with Crippen molar-refractivity contribution in [3.05, 3.63) is 63.7 Å². The van der Waals surface area contributed by atoms with Crippen LogP contribution in [0.5, 0.6) is 0 Å². The van der Waals surface area contributed by atoms with Gasteiger partial charge in [-0.2, -0.15) is 5.10 Å². The molecule has 0 radical (unpaired) electrons. The number of likely N-dealkylation sites (tertiary alicyclic amines) is 1. The van der Waals surface area contributed by atoms with Crippen LogP contribution in [0.1, 0.15) is 40.9 Å². The van der Waals surface area contributed by atoms with Crippen molar-refractivity contribution in [1.82, 2.24) is 19.7 Å². The number of aromatic amines is 1. The van der Waals surface area contributed by atoms with Crippen LogP contribution in [0.15, 0.2) is 41.3 Å². The number of rotatable bonds is 1. The van der Waals surface area contributed by atoms with Crippen molar-refractivity contribution in [2.24, 2.45) is 7.05 Å². The van der Waals surface area contributed by atoms with E-state index in [9.17, 15) is 9.59 Å². The molecule has 5 rings (SSSR count). The van der Waals surface area contributed by atoms with Gasteiger partial charge in [0, 0.05) is 42.7 Å². The number of amides is 1. The van der Waals surface area contributed by atoms with Gasteiger partial charge in [-0.3, -0.25) is 14.7 Å². The quantitative estimate of drug-likeness (QED) is 0.722. The second-order valence-electron chi connectivity index (χ2n) is 7.85. The molecule has 2 aromatic heterocycles. The molecule has 1 amide bonds. The first-order valence-electron chi connectivity index (χ1n) is 9.50. The van der Waals surface area contributed by atoms with Gasteiger partial charge in [0.05, 0.1) is 17.3 Å². The molecule has 0 bridgehead atoms. The number of H-pyrrole nitrogens is 1. The Morgan fingerprint density at radius 3 is 3.00 bits per heavy atom. The Morgan fingerprint density at radius 1 is 1.26 bits per heavy atom. The van der Waals surface area contributed by atoms with E-state index in [2.05, 4.69) is 10.2 Å². The smallest absolute Gasteiger partial charge is 0.254 e. The minimum absolute atomic E-state index is 0.0186. The van der Waals surface area contributed by atoms with Crippen LogP contribution in [0.3, 0.4) is 0 Å². The first-order valence-corrected chi connectivity index (χ1v) is 9.50. The summed E-state index contributed by atoms with van der Waals surface area (Å²) >= 11 is 0. The molecule has 2 aliphatic rings. The third kappa shape index (κ3) is 2.36. The number of fused-ring (bicyclic) bond motifs is 3. The van der Waals surface area contributed by atoms with Gasteiger partial charge in [-0.15, -0.1) is 0 Å². The maximum absolute atomic E-state index is 13.4. The van der Waals surface area contributed by atoms with Crippen LogP contribution in [0.2, 0.25) is 0 Å². The van der Waals surface area contributed by atoms with E-state index in [0.29, 0.717) is 12.1 Å². The predicted molar refractivity (Wildman–Crippen MR) is 103 cm³/mol. The number of nitrogens with zero attached hydrogens (tertiary/aromatic N) is 3. The molecular weight excluding hydrogens is 340 g/mol. The summed E-state index contributed by atoms with van der Waals surface area (Å²) < 4.78 is 1.59. The van der Waals surface area contributed by atoms with E-state index >= 15 is 0 Å². The molecule has 1 unspecified atom stereocenters. The molecule has 3 heterocycles. The summed E-state index contributed by atoms with van der Waals surface area (Å²) in [6.45, 7) is 1.41. The Kier molecular flexibility index (Phi) is 3.50. The van der Waals surface area contributed by atoms with E-state index in [0.717, 1.165) is 43.1 Å². The van der Waals surface area contributed by atoms with Gasteiger partial charge in [-0.25, -0.2) is 0 Å². The molecule has 138 valence electrons. The molecule has 1 atom stereocenters. The molecular formula is C21H22N4O2. The molecule has 1 aliphatic carbocycles. The second kappa shape index (κ2) is 5.81. The number of aryl methyl sites for hydroxylation is 2. The fraction of sp³-hybridized carbons (Fsp3) is 0.381. The van der Waals surface area contributed by atoms with Gasteiger partial charge in [-0.05, 0) is 37.3 Å². The molecule has 1 spiro atoms. The highest BCUT2D eigenvalue weighted by Gasteiger charge is 2.44. The Bertz CT molecular complexity index is 1110. The normalized spacial score (nSPS) is 21.7. The number of nitrogens with one attached hydrogen (secondary N) is 1. The number of para-hydroxylation sites is 1. The van der Waals surface area contributed by atoms with Gasteiger partial charge in [0.25, 0.3) is 11.5 Å². The zero-order valence-electron chi connectivity index (χ0n) is 15.4. The minimum atomic E-state index is -0.152. The molecule has 1 aromatic carbocycles. The van der Waals surface area contributed by atoms with Gasteiger partial charge in [0.1, 0.15) is 0 Å². The van der Waals surface area contributed by atoms with Crippen LogP contribution in [0, 0.1) is 0 Å². The predicted octanol–water partition coefficient (Wildman–Crippen LogP) is 2.38. The number of hydrogen-bond donors (Lipinski definition) is 1. The van der Waals surface area contributed by atoms with Crippen LogP contribution in [0.4, 0.5) is 0 Å². The third-order valence-corrected chi connectivity index (χ3v) is 6.37. The van der Waals surface area contributed by atoms with Crippen LogP contribution < -0.4 is 5.56 Å². The lowest BCUT2D eigenvalue weighted by atomic mass is 9.77. The first kappa shape index (κ1) is 16.3. The SMILES string of the molecule is Cn1c(=O)cc(C(=O)N2CCCC3(CCc4cn[nH]c43)C2)c2ccccc21. The number of carbonyl (C=O) groups is 1. The van der Waals surface area contributed by atoms with Gasteiger partial charge in [0.15, 0.2) is 0 Å². The summed E-state index contributed by atoms with van der Waals surface area (Å²) in [5.74, 6) is -0.0454. The Morgan fingerprint density at radius 2 is 2.11 bits per heavy atom. The van der Waals surface area contributed by atoms with Gasteiger partial charge in [0.2, 0.25) is 0 Å². The van der Waals surface area contributed by atoms with Crippen LogP contribution >= 0.6 is 0 Å². The maximum atomic E-state index is 13.4. The molecule has 1 fully saturated rings. The number of benzene rings is 1. The number of carbonyl (C=O) groups excluding carboxylic acids is 1. The summed E-state index contributed by atoms with van der Waals surface area (Å²) in [6.07, 6.45) is 6.02. The minimum Gasteiger partial charge on any atom is -0.338 e. The fourth-order valence-corrected chi connectivity index (χ4v) is 4.93. The zero-order valence-corrected chi connectivity index (χ0v) is 15.4. The topological polar surface area (TPSA) is 71.0 Å². The lowest BCUT2D eigenvalue weighted by Gasteiger charge is -2.40. The van der Waals surface area contributed by atoms with Crippen molar-refractivity contribution < 1.29 is 4.79 Å². The Balaban J connectivity index is 1.55. The lowest BCUT2D eigenvalue weighted by molar-refractivity contribution is 0.0634. The van der Waals surface area contributed by atoms with E-state index in [4.69, 9.17) is 0 Å². The molecule has 0 saturated carbocycles. The van der Waals surface area contributed by atoms with Crippen LogP contribution in [-0.2, 0) is 18.9 Å². The Hall–Kier alpha value is -2.89. The average Bonchev–Trinajstić information content (AvgIpc) is 3.29. The summed E-state index contributed by atoms with van der Waals surface area (Å²) in [6, 6.07) is 9.10. The molecule has 1 saturated heterocycles. The largest absolute Gasteiger partial charge is 0.338 e. The monoisotopic (exact) mass is 362 g/mol. The summed E-state index contributed by atoms with van der Waals surface area (Å²) in [7, 11) is 1.74. The number of piperidine rings is 1. The molecule has 3 aromatic rings. The number of hydrogen-bond acceptors (Lipinski definition) is 3. The van der Waals surface area contributed by atoms with E-state index < -0.39 is 0 Å². The van der Waals surface area contributed by atoms with Gasteiger partial charge in [-0.1, -0.05) is 18.2 Å². The van der Waals surface area contributed by atoms with Crippen molar-refractivity contribution in [3.63, 3.8) is 0 Å². The molecule has 6 nitrogen and oxygen atoms in total. The van der Waals surface area contributed by atoms with Crippen molar-refractivity contribution in [3.8, 4) is 0 Å². The summed E-state index contributed by atoms with van der Waals surface area (Å²) in [4.78, 5) is 27.7. The van der Waals surface area contributed by atoms with Crippen molar-refractivity contribution in [2.75, 3.05) is 13.1 Å². The molecule has 6 heteroatoms. The first-order chi connectivity index (χ1) is 13.1. The highest BCUT2D eigenvalue weighted by Crippen LogP contribution is 2.44. The summed E-state index contributed by atoms with van der Waals surface area (Å²) in [5, 5.41) is 8.22. The lowest BCUT2D eigenvalue weighted by Crippen LogP contribution is -2.48. The van der Waals surface area contributed by atoms with Crippen molar-refractivity contribution in [2.45, 2.75) is 31.1 Å². The fourth-order valence-electron chi connectivity index (χ4n) is 4.93. The third-order valence-electron chi connectivity index (χ3n) is 6.37. The number of pyridine rings is 1. The highest BCUT2D eigenvalue weighted by molar-refractivity contribution is 6.06. The maximum Gasteiger partial charge on any atom is 0.254 e. The van der Waals surface area contributed by atoms with Gasteiger partial charge >= 0.3 is 0 Å². The summed E-state index contributed by atoms with van der Waals surface area (Å²) in [5.41, 5.74) is 3.61. The van der Waals surface area contributed by atoms with Crippen molar-refractivity contribution >= 4 is 16.8 Å². The van der Waals surface area contributed by atoms with E-state index in [1.807, 2.05) is 35.4 Å². The Labute approximate surface area is 156 Å². The van der Waals surface area contributed by atoms with E-state index in [-0.39, 0.29) is 16.9 Å². The average molecular weight is 362 g/mol. The van der Waals surface area contributed by atoms with Gasteiger partial charge < -0.3 is 9.47 Å². The zero-order chi connectivity index (χ0) is 18.6. The standard InChI is InChI=1S/C21H22N4O2/c1-24-17-6-3-2-5-15(17)16(11-18(24)26)20(27)25-10-4-8-21(13-25)9-7-14-12-22-23-19(14)21/h2-3,5-6,11-12H,4,7-10,13H2,1H3,(H,22,23). The van der Waals surface area contributed by atoms with Crippen molar-refractivity contribution in [1.29, 1.82) is 0 Å². The number of aromatic nitrogens is 3. The molecule has 1 aliphatic heterocycles. The van der Waals surface area contributed by atoms with Crippen LogP contribution in [0.25, 0.3) is 10.9 Å². The highest BCUT2D eigenvalue weighted by atomic mass is 16.2. The molecule has 1 N–H and O–H groups in total. The van der Waals surface area contributed by atoms with E-state index in [1.165, 1.54) is 17.3 Å². The van der Waals surface area contributed by atoms with Crippen LogP contribution in [-0.4, -0.2) is 38.7 Å². The van der Waals surface area contributed by atoms with E-state index in [1.54, 1.807) is 11.6 Å². The second-order valence-corrected chi connectivity index (χ2v) is 7.85.